The fourth-order valence-corrected chi connectivity index (χ4v) is 2.89. The molecule has 112 valence electrons. The lowest BCUT2D eigenvalue weighted by Gasteiger charge is -2.34. The molecule has 1 aliphatic rings. The number of hydrogen-bond acceptors (Lipinski definition) is 3. The van der Waals surface area contributed by atoms with Gasteiger partial charge in [-0.1, -0.05) is 28.1 Å². The molecule has 0 fully saturated rings. The van der Waals surface area contributed by atoms with Gasteiger partial charge in [0.05, 0.1) is 18.7 Å². The Morgan fingerprint density at radius 3 is 2.76 bits per heavy atom. The van der Waals surface area contributed by atoms with Gasteiger partial charge in [0.2, 0.25) is 0 Å². The smallest absolute Gasteiger partial charge is 0.337 e. The first-order valence-corrected chi connectivity index (χ1v) is 7.41. The number of rotatable bonds is 3. The van der Waals surface area contributed by atoms with Gasteiger partial charge in [0.1, 0.15) is 0 Å². The van der Waals surface area contributed by atoms with Crippen molar-refractivity contribution in [3.8, 4) is 0 Å². The number of urea groups is 1. The molecule has 1 heterocycles. The van der Waals surface area contributed by atoms with Crippen molar-refractivity contribution < 1.29 is 14.3 Å². The fourth-order valence-electron chi connectivity index (χ4n) is 2.47. The van der Waals surface area contributed by atoms with Gasteiger partial charge in [-0.15, -0.1) is 0 Å². The van der Waals surface area contributed by atoms with E-state index in [1.807, 2.05) is 31.2 Å². The van der Waals surface area contributed by atoms with E-state index in [1.165, 1.54) is 12.0 Å². The first-order chi connectivity index (χ1) is 9.99. The number of ether oxygens (including phenoxy) is 1. The van der Waals surface area contributed by atoms with Crippen LogP contribution in [-0.4, -0.2) is 30.6 Å². The summed E-state index contributed by atoms with van der Waals surface area (Å²) in [4.78, 5) is 25.9. The maximum Gasteiger partial charge on any atom is 0.337 e. The van der Waals surface area contributed by atoms with Crippen molar-refractivity contribution in [2.45, 2.75) is 19.9 Å². The summed E-state index contributed by atoms with van der Waals surface area (Å²) in [5.74, 6) is -0.434. The number of nitrogens with zero attached hydrogens (tertiary/aromatic N) is 1. The second-order valence-electron chi connectivity index (χ2n) is 4.67. The zero-order chi connectivity index (χ0) is 15.6. The molecule has 2 amide bonds. The maximum absolute atomic E-state index is 12.2. The van der Waals surface area contributed by atoms with E-state index in [0.29, 0.717) is 17.8 Å². The largest absolute Gasteiger partial charge is 0.466 e. The highest BCUT2D eigenvalue weighted by Crippen LogP contribution is 2.32. The summed E-state index contributed by atoms with van der Waals surface area (Å²) in [6, 6.07) is 6.78. The Kier molecular flexibility index (Phi) is 4.67. The Hall–Kier alpha value is -1.82. The van der Waals surface area contributed by atoms with Crippen LogP contribution in [0.25, 0.3) is 0 Å². The van der Waals surface area contributed by atoms with Crippen LogP contribution in [0.1, 0.15) is 25.5 Å². The molecule has 0 saturated heterocycles. The molecular weight excluding hydrogens is 336 g/mol. The van der Waals surface area contributed by atoms with Crippen LogP contribution in [0.3, 0.4) is 0 Å². The molecule has 2 rings (SSSR count). The quantitative estimate of drug-likeness (QED) is 0.850. The second-order valence-corrected chi connectivity index (χ2v) is 5.59. The van der Waals surface area contributed by atoms with E-state index in [1.54, 1.807) is 6.92 Å². The number of methoxy groups -OCH3 is 1. The molecule has 0 aromatic heterocycles. The van der Waals surface area contributed by atoms with Gasteiger partial charge >= 0.3 is 12.0 Å². The number of benzene rings is 1. The minimum absolute atomic E-state index is 0.215. The Bertz CT molecular complexity index is 613. The average Bonchev–Trinajstić information content (AvgIpc) is 2.46. The predicted molar refractivity (Wildman–Crippen MR) is 82.5 cm³/mol. The van der Waals surface area contributed by atoms with Crippen LogP contribution in [-0.2, 0) is 9.53 Å². The summed E-state index contributed by atoms with van der Waals surface area (Å²) in [5, 5.41) is 2.86. The zero-order valence-corrected chi connectivity index (χ0v) is 13.7. The highest BCUT2D eigenvalue weighted by Gasteiger charge is 2.35. The lowest BCUT2D eigenvalue weighted by Crippen LogP contribution is -2.47. The van der Waals surface area contributed by atoms with Crippen LogP contribution in [0.5, 0.6) is 0 Å². The summed E-state index contributed by atoms with van der Waals surface area (Å²) in [6.45, 7) is 4.11. The molecule has 1 aliphatic heterocycles. The Balaban J connectivity index is 2.55. The van der Waals surface area contributed by atoms with Gasteiger partial charge in [0.15, 0.2) is 0 Å². The normalized spacial score (nSPS) is 18.6. The highest BCUT2D eigenvalue weighted by atomic mass is 79.9. The Morgan fingerprint density at radius 1 is 1.48 bits per heavy atom. The van der Waals surface area contributed by atoms with Gasteiger partial charge in [-0.2, -0.15) is 0 Å². The minimum atomic E-state index is -0.509. The molecule has 0 radical (unpaired) electrons. The van der Waals surface area contributed by atoms with Crippen molar-refractivity contribution in [1.29, 1.82) is 0 Å². The number of nitrogens with one attached hydrogen (secondary N) is 1. The van der Waals surface area contributed by atoms with E-state index in [2.05, 4.69) is 21.2 Å². The van der Waals surface area contributed by atoms with Crippen molar-refractivity contribution in [2.75, 3.05) is 13.7 Å². The van der Waals surface area contributed by atoms with Gasteiger partial charge in [-0.3, -0.25) is 4.90 Å². The third-order valence-corrected chi connectivity index (χ3v) is 3.99. The number of allylic oxidation sites excluding steroid dienone is 1. The lowest BCUT2D eigenvalue weighted by molar-refractivity contribution is -0.136. The molecule has 0 bridgehead atoms. The van der Waals surface area contributed by atoms with Crippen LogP contribution in [0, 0.1) is 0 Å². The number of halogens is 1. The molecule has 0 saturated carbocycles. The molecule has 5 nitrogen and oxygen atoms in total. The summed E-state index contributed by atoms with van der Waals surface area (Å²) < 4.78 is 5.77. The summed E-state index contributed by atoms with van der Waals surface area (Å²) >= 11 is 3.40. The number of hydrogen-bond donors (Lipinski definition) is 1. The van der Waals surface area contributed by atoms with Crippen LogP contribution in [0.15, 0.2) is 40.0 Å². The van der Waals surface area contributed by atoms with Crippen LogP contribution in [0.2, 0.25) is 0 Å². The van der Waals surface area contributed by atoms with Crippen molar-refractivity contribution in [1.82, 2.24) is 10.2 Å². The van der Waals surface area contributed by atoms with E-state index >= 15 is 0 Å². The van der Waals surface area contributed by atoms with Gasteiger partial charge in [0.25, 0.3) is 0 Å². The molecular formula is C15H17BrN2O3. The predicted octanol–water partition coefficient (Wildman–Crippen LogP) is 2.98. The maximum atomic E-state index is 12.2. The number of esters is 1. The highest BCUT2D eigenvalue weighted by molar-refractivity contribution is 9.10. The van der Waals surface area contributed by atoms with Crippen molar-refractivity contribution in [3.63, 3.8) is 0 Å². The summed E-state index contributed by atoms with van der Waals surface area (Å²) in [6.07, 6.45) is 0. The van der Waals surface area contributed by atoms with Gasteiger partial charge in [0, 0.05) is 16.7 Å². The number of amides is 2. The molecule has 1 aromatic rings. The molecule has 0 unspecified atom stereocenters. The number of carbonyl (C=O) groups is 2. The second kappa shape index (κ2) is 6.30. The van der Waals surface area contributed by atoms with Crippen LogP contribution < -0.4 is 5.32 Å². The molecule has 1 aromatic carbocycles. The van der Waals surface area contributed by atoms with Crippen molar-refractivity contribution >= 4 is 27.9 Å². The first kappa shape index (κ1) is 15.6. The van der Waals surface area contributed by atoms with Crippen molar-refractivity contribution in [2.24, 2.45) is 0 Å². The third-order valence-electron chi connectivity index (χ3n) is 3.50. The topological polar surface area (TPSA) is 58.6 Å². The monoisotopic (exact) mass is 352 g/mol. The van der Waals surface area contributed by atoms with E-state index in [4.69, 9.17) is 4.74 Å². The van der Waals surface area contributed by atoms with Crippen molar-refractivity contribution in [3.05, 3.63) is 45.6 Å². The molecule has 6 heteroatoms. The molecule has 0 spiro atoms. The standard InChI is InChI=1S/C15H17BrN2O3/c1-4-18-9(2)12(14(19)21-3)13(17-15(18)20)10-6-5-7-11(16)8-10/h5-8,13H,4H2,1-3H3,(H,17,20)/t13-/m1/s1. The lowest BCUT2D eigenvalue weighted by atomic mass is 9.95. The fraction of sp³-hybridized carbons (Fsp3) is 0.333. The van der Waals surface area contributed by atoms with E-state index in [9.17, 15) is 9.59 Å². The molecule has 0 aliphatic carbocycles. The summed E-state index contributed by atoms with van der Waals surface area (Å²) in [5.41, 5.74) is 1.91. The Morgan fingerprint density at radius 2 is 2.19 bits per heavy atom. The molecule has 21 heavy (non-hydrogen) atoms. The first-order valence-electron chi connectivity index (χ1n) is 6.62. The number of carbonyl (C=O) groups excluding carboxylic acids is 2. The van der Waals surface area contributed by atoms with Gasteiger partial charge < -0.3 is 10.1 Å². The average molecular weight is 353 g/mol. The van der Waals surface area contributed by atoms with Crippen LogP contribution >= 0.6 is 15.9 Å². The zero-order valence-electron chi connectivity index (χ0n) is 12.1. The van der Waals surface area contributed by atoms with Gasteiger partial charge in [-0.05, 0) is 31.5 Å². The summed E-state index contributed by atoms with van der Waals surface area (Å²) in [7, 11) is 1.34. The van der Waals surface area contributed by atoms with E-state index in [0.717, 1.165) is 10.0 Å². The Labute approximate surface area is 132 Å². The molecule has 1 atom stereocenters. The van der Waals surface area contributed by atoms with Gasteiger partial charge in [-0.25, -0.2) is 9.59 Å². The van der Waals surface area contributed by atoms with E-state index in [-0.39, 0.29) is 6.03 Å². The molecule has 1 N–H and O–H groups in total. The SMILES string of the molecule is CCN1C(=O)N[C@H](c2cccc(Br)c2)C(C(=O)OC)=C1C. The minimum Gasteiger partial charge on any atom is -0.466 e. The van der Waals surface area contributed by atoms with E-state index < -0.39 is 12.0 Å². The van der Waals surface area contributed by atoms with Crippen LogP contribution in [0.4, 0.5) is 4.79 Å². The third kappa shape index (κ3) is 2.95.